The standard InChI is InChI=1S/C32H63NO9/c1-2-3-4-5-6-7-8-9-10-11-12-13-14-15-16-17-19-37-21-23-39-25-27-41-28-26-40-24-22-38-20-18-33-31(34)29-42-30-32(35)36/h2-30H2,1H3,(H,33,34)(H,35,36). The number of rotatable bonds is 36. The van der Waals surface area contributed by atoms with Crippen molar-refractivity contribution in [3.8, 4) is 0 Å². The molecule has 0 radical (unpaired) electrons. The van der Waals surface area contributed by atoms with Gasteiger partial charge in [-0.25, -0.2) is 4.79 Å². The van der Waals surface area contributed by atoms with Gasteiger partial charge in [-0.05, 0) is 6.42 Å². The average molecular weight is 606 g/mol. The molecule has 0 rings (SSSR count). The molecule has 0 spiro atoms. The molecule has 10 heteroatoms. The van der Waals surface area contributed by atoms with E-state index in [1.165, 1.54) is 96.3 Å². The van der Waals surface area contributed by atoms with E-state index < -0.39 is 12.6 Å². The van der Waals surface area contributed by atoms with Crippen LogP contribution in [0.15, 0.2) is 0 Å². The molecule has 0 aliphatic rings. The third kappa shape index (κ3) is 36.7. The highest BCUT2D eigenvalue weighted by Crippen LogP contribution is 2.13. The SMILES string of the molecule is CCCCCCCCCCCCCCCCCCOCCOCCOCCOCCOCCNC(=O)COCC(=O)O. The fraction of sp³-hybridized carbons (Fsp3) is 0.938. The topological polar surface area (TPSA) is 122 Å². The third-order valence-corrected chi connectivity index (χ3v) is 6.66. The minimum Gasteiger partial charge on any atom is -0.480 e. The van der Waals surface area contributed by atoms with E-state index in [4.69, 9.17) is 28.8 Å². The molecule has 0 aromatic rings. The van der Waals surface area contributed by atoms with E-state index in [2.05, 4.69) is 17.0 Å². The van der Waals surface area contributed by atoms with Crippen LogP contribution in [-0.4, -0.2) is 103 Å². The van der Waals surface area contributed by atoms with Crippen LogP contribution in [-0.2, 0) is 38.0 Å². The van der Waals surface area contributed by atoms with Crippen molar-refractivity contribution in [2.45, 2.75) is 110 Å². The molecule has 0 heterocycles. The van der Waals surface area contributed by atoms with Crippen molar-refractivity contribution in [3.63, 3.8) is 0 Å². The van der Waals surface area contributed by atoms with Gasteiger partial charge in [-0.2, -0.15) is 0 Å². The summed E-state index contributed by atoms with van der Waals surface area (Å²) in [6, 6.07) is 0. The van der Waals surface area contributed by atoms with Gasteiger partial charge >= 0.3 is 5.97 Å². The van der Waals surface area contributed by atoms with Gasteiger partial charge in [0.1, 0.15) is 13.2 Å². The van der Waals surface area contributed by atoms with E-state index in [9.17, 15) is 9.59 Å². The van der Waals surface area contributed by atoms with Crippen LogP contribution < -0.4 is 5.32 Å². The maximum absolute atomic E-state index is 11.4. The summed E-state index contributed by atoms with van der Waals surface area (Å²) in [6.07, 6.45) is 22.1. The van der Waals surface area contributed by atoms with Crippen LogP contribution in [0, 0.1) is 0 Å². The van der Waals surface area contributed by atoms with Crippen LogP contribution in [0.25, 0.3) is 0 Å². The summed E-state index contributed by atoms with van der Waals surface area (Å²) in [5.74, 6) is -1.49. The lowest BCUT2D eigenvalue weighted by Gasteiger charge is -2.08. The molecule has 1 amide bonds. The zero-order valence-corrected chi connectivity index (χ0v) is 26.7. The predicted molar refractivity (Wildman–Crippen MR) is 165 cm³/mol. The largest absolute Gasteiger partial charge is 0.480 e. The van der Waals surface area contributed by atoms with Gasteiger partial charge in [0.25, 0.3) is 0 Å². The van der Waals surface area contributed by atoms with Crippen molar-refractivity contribution in [2.75, 3.05) is 85.8 Å². The van der Waals surface area contributed by atoms with Crippen molar-refractivity contribution >= 4 is 11.9 Å². The Hall–Kier alpha value is -1.30. The third-order valence-electron chi connectivity index (χ3n) is 6.66. The van der Waals surface area contributed by atoms with Gasteiger partial charge in [0.15, 0.2) is 0 Å². The highest BCUT2D eigenvalue weighted by Gasteiger charge is 2.03. The molecule has 250 valence electrons. The Labute approximate surface area is 255 Å². The zero-order chi connectivity index (χ0) is 30.6. The Morgan fingerprint density at radius 3 is 1.21 bits per heavy atom. The molecular formula is C32H63NO9. The Balaban J connectivity index is 3.08. The molecule has 0 saturated carbocycles. The number of nitrogens with one attached hydrogen (secondary N) is 1. The van der Waals surface area contributed by atoms with E-state index in [1.807, 2.05) is 0 Å². The monoisotopic (exact) mass is 605 g/mol. The number of amides is 1. The predicted octanol–water partition coefficient (Wildman–Crippen LogP) is 5.55. The fourth-order valence-corrected chi connectivity index (χ4v) is 4.28. The first-order valence-electron chi connectivity index (χ1n) is 16.6. The maximum Gasteiger partial charge on any atom is 0.329 e. The van der Waals surface area contributed by atoms with Crippen molar-refractivity contribution in [1.82, 2.24) is 5.32 Å². The molecular weight excluding hydrogens is 542 g/mol. The first-order valence-corrected chi connectivity index (χ1v) is 16.6. The molecule has 0 aromatic carbocycles. The molecule has 0 unspecified atom stereocenters. The van der Waals surface area contributed by atoms with Crippen LogP contribution in [0.1, 0.15) is 110 Å². The number of carboxylic acids is 1. The van der Waals surface area contributed by atoms with Crippen LogP contribution in [0.5, 0.6) is 0 Å². The smallest absolute Gasteiger partial charge is 0.329 e. The fourth-order valence-electron chi connectivity index (χ4n) is 4.28. The Morgan fingerprint density at radius 1 is 0.452 bits per heavy atom. The maximum atomic E-state index is 11.4. The lowest BCUT2D eigenvalue weighted by Crippen LogP contribution is -2.31. The molecule has 0 atom stereocenters. The molecule has 42 heavy (non-hydrogen) atoms. The first-order chi connectivity index (χ1) is 20.7. The highest BCUT2D eigenvalue weighted by molar-refractivity contribution is 5.77. The lowest BCUT2D eigenvalue weighted by molar-refractivity contribution is -0.143. The number of carbonyl (C=O) groups is 2. The number of aliphatic carboxylic acids is 1. The number of hydrogen-bond donors (Lipinski definition) is 2. The summed E-state index contributed by atoms with van der Waals surface area (Å²) >= 11 is 0. The number of ether oxygens (including phenoxy) is 6. The number of carboxylic acid groups (broad SMARTS) is 1. The molecule has 0 aliphatic carbocycles. The quantitative estimate of drug-likeness (QED) is 0.0886. The summed E-state index contributed by atoms with van der Waals surface area (Å²) in [4.78, 5) is 21.6. The molecule has 0 aliphatic heterocycles. The van der Waals surface area contributed by atoms with E-state index in [-0.39, 0.29) is 12.5 Å². The van der Waals surface area contributed by atoms with Gasteiger partial charge in [-0.3, -0.25) is 4.79 Å². The van der Waals surface area contributed by atoms with Crippen molar-refractivity contribution in [3.05, 3.63) is 0 Å². The van der Waals surface area contributed by atoms with E-state index in [0.29, 0.717) is 66.0 Å². The minimum atomic E-state index is -1.11. The zero-order valence-electron chi connectivity index (χ0n) is 26.7. The van der Waals surface area contributed by atoms with Crippen molar-refractivity contribution in [2.24, 2.45) is 0 Å². The second-order valence-electron chi connectivity index (χ2n) is 10.6. The summed E-state index contributed by atoms with van der Waals surface area (Å²) in [5.41, 5.74) is 0. The number of unbranched alkanes of at least 4 members (excludes halogenated alkanes) is 15. The molecule has 0 bridgehead atoms. The van der Waals surface area contributed by atoms with Gasteiger partial charge in [-0.1, -0.05) is 103 Å². The van der Waals surface area contributed by atoms with Gasteiger partial charge in [0.2, 0.25) is 5.91 Å². The molecule has 0 fully saturated rings. The summed E-state index contributed by atoms with van der Waals surface area (Å²) in [6.45, 7) is 7.08. The van der Waals surface area contributed by atoms with Crippen LogP contribution in [0.3, 0.4) is 0 Å². The van der Waals surface area contributed by atoms with Crippen LogP contribution in [0.4, 0.5) is 0 Å². The molecule has 0 aromatic heterocycles. The van der Waals surface area contributed by atoms with Crippen LogP contribution >= 0.6 is 0 Å². The van der Waals surface area contributed by atoms with Gasteiger partial charge in [-0.15, -0.1) is 0 Å². The number of hydrogen-bond acceptors (Lipinski definition) is 8. The van der Waals surface area contributed by atoms with E-state index in [0.717, 1.165) is 13.0 Å². The lowest BCUT2D eigenvalue weighted by atomic mass is 10.0. The second kappa shape index (κ2) is 35.9. The van der Waals surface area contributed by atoms with E-state index >= 15 is 0 Å². The minimum absolute atomic E-state index is 0.284. The molecule has 0 saturated heterocycles. The Morgan fingerprint density at radius 2 is 0.810 bits per heavy atom. The summed E-state index contributed by atoms with van der Waals surface area (Å²) in [5, 5.41) is 11.0. The van der Waals surface area contributed by atoms with Gasteiger partial charge in [0.05, 0.1) is 59.5 Å². The Kier molecular flexibility index (Phi) is 34.8. The van der Waals surface area contributed by atoms with Gasteiger partial charge < -0.3 is 38.8 Å². The van der Waals surface area contributed by atoms with Crippen molar-refractivity contribution in [1.29, 1.82) is 0 Å². The highest BCUT2D eigenvalue weighted by atomic mass is 16.6. The molecule has 2 N–H and O–H groups in total. The summed E-state index contributed by atoms with van der Waals surface area (Å²) in [7, 11) is 0. The van der Waals surface area contributed by atoms with E-state index in [1.54, 1.807) is 0 Å². The normalized spacial score (nSPS) is 11.3. The van der Waals surface area contributed by atoms with Crippen molar-refractivity contribution < 1.29 is 43.1 Å². The number of carbonyl (C=O) groups excluding carboxylic acids is 1. The first kappa shape index (κ1) is 40.7. The second-order valence-corrected chi connectivity index (χ2v) is 10.6. The summed E-state index contributed by atoms with van der Waals surface area (Å²) < 4.78 is 32.1. The average Bonchev–Trinajstić information content (AvgIpc) is 2.97. The van der Waals surface area contributed by atoms with Crippen LogP contribution in [0.2, 0.25) is 0 Å². The Bertz CT molecular complexity index is 566. The molecule has 10 nitrogen and oxygen atoms in total. The van der Waals surface area contributed by atoms with Gasteiger partial charge in [0, 0.05) is 13.2 Å².